The Hall–Kier alpha value is -1.04. The number of hydrogen-bond donors (Lipinski definition) is 0. The molecule has 1 aromatic rings. The number of rotatable bonds is 1. The SMILES string of the molecule is C/C=C\C1CC(C)(C)c2ccccc21. The molecule has 0 heteroatoms. The van der Waals surface area contributed by atoms with E-state index >= 15 is 0 Å². The third-order valence-electron chi connectivity index (χ3n) is 3.24. The summed E-state index contributed by atoms with van der Waals surface area (Å²) < 4.78 is 0. The van der Waals surface area contributed by atoms with Crippen LogP contribution in [0.1, 0.15) is 44.2 Å². The molecule has 1 aliphatic carbocycles. The Kier molecular flexibility index (Phi) is 2.22. The van der Waals surface area contributed by atoms with Gasteiger partial charge >= 0.3 is 0 Å². The van der Waals surface area contributed by atoms with Crippen molar-refractivity contribution in [1.82, 2.24) is 0 Å². The van der Waals surface area contributed by atoms with E-state index in [1.165, 1.54) is 17.5 Å². The second kappa shape index (κ2) is 3.27. The fraction of sp³-hybridized carbons (Fsp3) is 0.429. The normalized spacial score (nSPS) is 24.1. The molecule has 74 valence electrons. The van der Waals surface area contributed by atoms with Crippen LogP contribution in [0.15, 0.2) is 36.4 Å². The predicted molar refractivity (Wildman–Crippen MR) is 61.6 cm³/mol. The van der Waals surface area contributed by atoms with E-state index in [2.05, 4.69) is 57.2 Å². The van der Waals surface area contributed by atoms with Crippen molar-refractivity contribution >= 4 is 0 Å². The van der Waals surface area contributed by atoms with E-state index < -0.39 is 0 Å². The minimum Gasteiger partial charge on any atom is -0.0910 e. The molecular weight excluding hydrogens is 168 g/mol. The van der Waals surface area contributed by atoms with Gasteiger partial charge in [-0.1, -0.05) is 50.3 Å². The molecule has 1 unspecified atom stereocenters. The van der Waals surface area contributed by atoms with Gasteiger partial charge in [-0.15, -0.1) is 0 Å². The van der Waals surface area contributed by atoms with Gasteiger partial charge in [0, 0.05) is 5.92 Å². The van der Waals surface area contributed by atoms with E-state index in [0.29, 0.717) is 11.3 Å². The van der Waals surface area contributed by atoms with Gasteiger partial charge in [-0.3, -0.25) is 0 Å². The van der Waals surface area contributed by atoms with Gasteiger partial charge in [0.15, 0.2) is 0 Å². The molecular formula is C14H18. The van der Waals surface area contributed by atoms with Crippen LogP contribution in [0.5, 0.6) is 0 Å². The smallest absolute Gasteiger partial charge is 0.00290 e. The average Bonchev–Trinajstić information content (AvgIpc) is 2.41. The fourth-order valence-electron chi connectivity index (χ4n) is 2.61. The zero-order valence-electron chi connectivity index (χ0n) is 9.25. The van der Waals surface area contributed by atoms with Gasteiger partial charge in [-0.25, -0.2) is 0 Å². The Morgan fingerprint density at radius 2 is 2.00 bits per heavy atom. The van der Waals surface area contributed by atoms with E-state index in [-0.39, 0.29) is 0 Å². The molecule has 0 nitrogen and oxygen atoms in total. The maximum Gasteiger partial charge on any atom is 0.00290 e. The molecule has 0 heterocycles. The van der Waals surface area contributed by atoms with E-state index in [1.54, 1.807) is 0 Å². The Morgan fingerprint density at radius 3 is 2.71 bits per heavy atom. The third kappa shape index (κ3) is 1.39. The first kappa shape index (κ1) is 9.51. The van der Waals surface area contributed by atoms with Crippen LogP contribution in [0.4, 0.5) is 0 Å². The maximum atomic E-state index is 2.34. The minimum atomic E-state index is 0.348. The van der Waals surface area contributed by atoms with Crippen LogP contribution < -0.4 is 0 Å². The van der Waals surface area contributed by atoms with Crippen molar-refractivity contribution < 1.29 is 0 Å². The van der Waals surface area contributed by atoms with E-state index in [9.17, 15) is 0 Å². The van der Waals surface area contributed by atoms with Crippen LogP contribution in [0.25, 0.3) is 0 Å². The number of fused-ring (bicyclic) bond motifs is 1. The highest BCUT2D eigenvalue weighted by molar-refractivity contribution is 5.43. The first-order chi connectivity index (χ1) is 6.65. The van der Waals surface area contributed by atoms with E-state index in [1.807, 2.05) is 0 Å². The highest BCUT2D eigenvalue weighted by atomic mass is 14.4. The zero-order valence-corrected chi connectivity index (χ0v) is 9.25. The lowest BCUT2D eigenvalue weighted by atomic mass is 9.86. The molecule has 1 atom stereocenters. The number of allylic oxidation sites excluding steroid dienone is 2. The summed E-state index contributed by atoms with van der Waals surface area (Å²) in [6, 6.07) is 8.85. The molecule has 1 aliphatic rings. The number of hydrogen-bond acceptors (Lipinski definition) is 0. The predicted octanol–water partition coefficient (Wildman–Crippen LogP) is 4.03. The first-order valence-electron chi connectivity index (χ1n) is 5.37. The minimum absolute atomic E-state index is 0.348. The molecule has 14 heavy (non-hydrogen) atoms. The summed E-state index contributed by atoms with van der Waals surface area (Å²) in [5.74, 6) is 0.631. The quantitative estimate of drug-likeness (QED) is 0.581. The van der Waals surface area contributed by atoms with Crippen LogP contribution in [-0.2, 0) is 5.41 Å². The number of benzene rings is 1. The summed E-state index contributed by atoms with van der Waals surface area (Å²) in [5, 5.41) is 0. The van der Waals surface area contributed by atoms with Crippen LogP contribution in [0.2, 0.25) is 0 Å². The van der Waals surface area contributed by atoms with Crippen molar-refractivity contribution in [1.29, 1.82) is 0 Å². The molecule has 0 N–H and O–H groups in total. The van der Waals surface area contributed by atoms with Gasteiger partial charge in [0.2, 0.25) is 0 Å². The van der Waals surface area contributed by atoms with Crippen molar-refractivity contribution in [3.63, 3.8) is 0 Å². The zero-order chi connectivity index (χ0) is 10.2. The largest absolute Gasteiger partial charge is 0.0910 e. The second-order valence-corrected chi connectivity index (χ2v) is 4.81. The third-order valence-corrected chi connectivity index (χ3v) is 3.24. The van der Waals surface area contributed by atoms with Crippen LogP contribution in [0.3, 0.4) is 0 Å². The Morgan fingerprint density at radius 1 is 1.29 bits per heavy atom. The average molecular weight is 186 g/mol. The first-order valence-corrected chi connectivity index (χ1v) is 5.37. The van der Waals surface area contributed by atoms with Crippen molar-refractivity contribution in [2.24, 2.45) is 0 Å². The summed E-state index contributed by atoms with van der Waals surface area (Å²) in [4.78, 5) is 0. The van der Waals surface area contributed by atoms with Crippen LogP contribution in [-0.4, -0.2) is 0 Å². The summed E-state index contributed by atoms with van der Waals surface area (Å²) in [7, 11) is 0. The van der Waals surface area contributed by atoms with Gasteiger partial charge in [-0.2, -0.15) is 0 Å². The summed E-state index contributed by atoms with van der Waals surface area (Å²) >= 11 is 0. The fourth-order valence-corrected chi connectivity index (χ4v) is 2.61. The van der Waals surface area contributed by atoms with Crippen LogP contribution in [0, 0.1) is 0 Å². The Bertz CT molecular complexity index is 358. The molecule has 0 aromatic heterocycles. The highest BCUT2D eigenvalue weighted by Gasteiger charge is 2.34. The molecule has 0 radical (unpaired) electrons. The standard InChI is InChI=1S/C14H18/c1-4-7-11-10-14(2,3)13-9-6-5-8-12(11)13/h4-9,11H,10H2,1-3H3/b7-4-. The molecule has 0 amide bonds. The summed E-state index contributed by atoms with van der Waals surface area (Å²) in [6.45, 7) is 6.79. The molecule has 2 rings (SSSR count). The molecule has 0 aliphatic heterocycles. The van der Waals surface area contributed by atoms with Crippen molar-refractivity contribution in [2.75, 3.05) is 0 Å². The molecule has 0 bridgehead atoms. The van der Waals surface area contributed by atoms with Gasteiger partial charge in [0.05, 0.1) is 0 Å². The van der Waals surface area contributed by atoms with Crippen molar-refractivity contribution in [3.8, 4) is 0 Å². The lowest BCUT2D eigenvalue weighted by molar-refractivity contribution is 0.503. The second-order valence-electron chi connectivity index (χ2n) is 4.81. The van der Waals surface area contributed by atoms with Gasteiger partial charge in [0.1, 0.15) is 0 Å². The van der Waals surface area contributed by atoms with Crippen LogP contribution >= 0.6 is 0 Å². The highest BCUT2D eigenvalue weighted by Crippen LogP contribution is 2.45. The lowest BCUT2D eigenvalue weighted by Crippen LogP contribution is -2.11. The van der Waals surface area contributed by atoms with Gasteiger partial charge in [0.25, 0.3) is 0 Å². The summed E-state index contributed by atoms with van der Waals surface area (Å²) in [5.41, 5.74) is 3.40. The lowest BCUT2D eigenvalue weighted by Gasteiger charge is -2.18. The van der Waals surface area contributed by atoms with Gasteiger partial charge < -0.3 is 0 Å². The Balaban J connectivity index is 2.49. The summed E-state index contributed by atoms with van der Waals surface area (Å²) in [6.07, 6.45) is 5.74. The van der Waals surface area contributed by atoms with E-state index in [4.69, 9.17) is 0 Å². The molecule has 0 saturated heterocycles. The molecule has 0 saturated carbocycles. The molecule has 0 spiro atoms. The van der Waals surface area contributed by atoms with Crippen molar-refractivity contribution in [3.05, 3.63) is 47.5 Å². The Labute approximate surface area is 86.7 Å². The van der Waals surface area contributed by atoms with E-state index in [0.717, 1.165) is 0 Å². The van der Waals surface area contributed by atoms with Gasteiger partial charge in [-0.05, 0) is 29.9 Å². The molecule has 1 aromatic carbocycles. The van der Waals surface area contributed by atoms with Crippen molar-refractivity contribution in [2.45, 2.75) is 38.5 Å². The monoisotopic (exact) mass is 186 g/mol. The topological polar surface area (TPSA) is 0 Å². The maximum absolute atomic E-state index is 2.34. The molecule has 0 fully saturated rings.